The summed E-state index contributed by atoms with van der Waals surface area (Å²) in [5.41, 5.74) is 11.5. The van der Waals surface area contributed by atoms with E-state index in [-0.39, 0.29) is 0 Å². The average molecular weight is 298 g/mol. The van der Waals surface area contributed by atoms with E-state index in [0.717, 1.165) is 19.3 Å². The van der Waals surface area contributed by atoms with E-state index in [0.29, 0.717) is 0 Å². The van der Waals surface area contributed by atoms with Gasteiger partial charge in [0.2, 0.25) is 0 Å². The molecule has 0 spiro atoms. The van der Waals surface area contributed by atoms with Crippen molar-refractivity contribution in [1.29, 1.82) is 0 Å². The van der Waals surface area contributed by atoms with Crippen LogP contribution in [0.15, 0.2) is 60.7 Å². The summed E-state index contributed by atoms with van der Waals surface area (Å²) in [4.78, 5) is 0. The highest BCUT2D eigenvalue weighted by Crippen LogP contribution is 2.43. The molecule has 0 amide bonds. The van der Waals surface area contributed by atoms with Gasteiger partial charge in [-0.1, -0.05) is 67.6 Å². The van der Waals surface area contributed by atoms with Gasteiger partial charge in [0.1, 0.15) is 0 Å². The first-order valence-electron chi connectivity index (χ1n) is 8.58. The second-order valence-corrected chi connectivity index (χ2v) is 6.46. The van der Waals surface area contributed by atoms with Crippen molar-refractivity contribution in [2.45, 2.75) is 33.1 Å². The zero-order valence-electron chi connectivity index (χ0n) is 13.9. The van der Waals surface area contributed by atoms with Crippen LogP contribution >= 0.6 is 0 Å². The molecule has 4 rings (SSSR count). The van der Waals surface area contributed by atoms with E-state index >= 15 is 0 Å². The fourth-order valence-electron chi connectivity index (χ4n) is 3.94. The zero-order chi connectivity index (χ0) is 15.8. The number of aryl methyl sites for hydroxylation is 4. The number of benzene rings is 3. The van der Waals surface area contributed by atoms with Gasteiger partial charge in [-0.15, -0.1) is 0 Å². The molecule has 0 heterocycles. The van der Waals surface area contributed by atoms with Gasteiger partial charge in [-0.2, -0.15) is 0 Å². The third-order valence-corrected chi connectivity index (χ3v) is 5.12. The molecule has 1 aliphatic rings. The van der Waals surface area contributed by atoms with Crippen molar-refractivity contribution < 1.29 is 0 Å². The zero-order valence-corrected chi connectivity index (χ0v) is 13.9. The van der Waals surface area contributed by atoms with Gasteiger partial charge >= 0.3 is 0 Å². The van der Waals surface area contributed by atoms with Crippen LogP contribution in [0.5, 0.6) is 0 Å². The molecule has 0 aromatic heterocycles. The van der Waals surface area contributed by atoms with Crippen molar-refractivity contribution in [2.24, 2.45) is 0 Å². The molecule has 3 aromatic rings. The van der Waals surface area contributed by atoms with E-state index in [1.807, 2.05) is 0 Å². The summed E-state index contributed by atoms with van der Waals surface area (Å²) < 4.78 is 0. The molecule has 0 aliphatic heterocycles. The first-order chi connectivity index (χ1) is 11.3. The maximum Gasteiger partial charge on any atom is -0.00677 e. The van der Waals surface area contributed by atoms with E-state index < -0.39 is 0 Å². The molecule has 0 unspecified atom stereocenters. The number of rotatable bonds is 2. The molecule has 0 atom stereocenters. The Hall–Kier alpha value is -2.34. The van der Waals surface area contributed by atoms with Crippen LogP contribution < -0.4 is 0 Å². The second kappa shape index (κ2) is 5.70. The minimum absolute atomic E-state index is 1.07. The lowest BCUT2D eigenvalue weighted by Crippen LogP contribution is -2.06. The Balaban J connectivity index is 2.07. The number of fused-ring (bicyclic) bond motifs is 3. The predicted molar refractivity (Wildman–Crippen MR) is 98.8 cm³/mol. The van der Waals surface area contributed by atoms with E-state index in [9.17, 15) is 0 Å². The van der Waals surface area contributed by atoms with E-state index in [1.165, 1.54) is 44.5 Å². The number of hydrogen-bond acceptors (Lipinski definition) is 0. The molecule has 0 nitrogen and oxygen atoms in total. The van der Waals surface area contributed by atoms with Crippen LogP contribution in [0.25, 0.3) is 22.3 Å². The molecule has 0 N–H and O–H groups in total. The van der Waals surface area contributed by atoms with Crippen LogP contribution in [-0.4, -0.2) is 0 Å². The van der Waals surface area contributed by atoms with Gasteiger partial charge in [-0.3, -0.25) is 0 Å². The van der Waals surface area contributed by atoms with Gasteiger partial charge in [0.15, 0.2) is 0 Å². The van der Waals surface area contributed by atoms with Crippen LogP contribution in [0.2, 0.25) is 0 Å². The highest BCUT2D eigenvalue weighted by atomic mass is 14.3. The van der Waals surface area contributed by atoms with Crippen molar-refractivity contribution in [2.75, 3.05) is 0 Å². The second-order valence-electron chi connectivity index (χ2n) is 6.46. The monoisotopic (exact) mass is 298 g/mol. The van der Waals surface area contributed by atoms with Crippen molar-refractivity contribution in [3.8, 4) is 22.3 Å². The molecule has 1 aliphatic carbocycles. The first-order valence-corrected chi connectivity index (χ1v) is 8.58. The van der Waals surface area contributed by atoms with Gasteiger partial charge in [0.25, 0.3) is 0 Å². The van der Waals surface area contributed by atoms with E-state index in [2.05, 4.69) is 74.5 Å². The quantitative estimate of drug-likeness (QED) is 0.545. The molecule has 0 fully saturated rings. The third kappa shape index (κ3) is 2.30. The average Bonchev–Trinajstić information content (AvgIpc) is 2.61. The normalized spacial score (nSPS) is 12.6. The summed E-state index contributed by atoms with van der Waals surface area (Å²) in [5.74, 6) is 0. The van der Waals surface area contributed by atoms with Crippen molar-refractivity contribution >= 4 is 0 Å². The van der Waals surface area contributed by atoms with Crippen molar-refractivity contribution in [3.63, 3.8) is 0 Å². The van der Waals surface area contributed by atoms with Gasteiger partial charge in [0, 0.05) is 0 Å². The van der Waals surface area contributed by atoms with Crippen LogP contribution in [0.3, 0.4) is 0 Å². The van der Waals surface area contributed by atoms with Crippen LogP contribution in [0, 0.1) is 6.92 Å². The molecule has 0 heteroatoms. The lowest BCUT2D eigenvalue weighted by molar-refractivity contribution is 0.941. The predicted octanol–water partition coefficient (Wildman–Crippen LogP) is 5.99. The largest absolute Gasteiger partial charge is 0.0620 e. The van der Waals surface area contributed by atoms with Gasteiger partial charge in [-0.05, 0) is 70.7 Å². The summed E-state index contributed by atoms with van der Waals surface area (Å²) in [6.07, 6.45) is 3.37. The molecule has 0 saturated carbocycles. The summed E-state index contributed by atoms with van der Waals surface area (Å²) in [7, 11) is 0. The lowest BCUT2D eigenvalue weighted by atomic mass is 9.79. The molecule has 3 aromatic carbocycles. The Bertz CT molecular complexity index is 871. The molecule has 23 heavy (non-hydrogen) atoms. The smallest absolute Gasteiger partial charge is 0.00677 e. The highest BCUT2D eigenvalue weighted by Gasteiger charge is 2.21. The van der Waals surface area contributed by atoms with E-state index in [4.69, 9.17) is 0 Å². The fourth-order valence-corrected chi connectivity index (χ4v) is 3.94. The van der Waals surface area contributed by atoms with Crippen LogP contribution in [-0.2, 0) is 19.3 Å². The fraction of sp³-hybridized carbons (Fsp3) is 0.217. The maximum atomic E-state index is 2.33. The molecule has 0 saturated heterocycles. The SMILES string of the molecule is CCc1ccccc1-c1c(C)ccc2c1-c1ccccc1CC2. The summed E-state index contributed by atoms with van der Waals surface area (Å²) in [6, 6.07) is 22.4. The number of hydrogen-bond donors (Lipinski definition) is 0. The Kier molecular flexibility index (Phi) is 3.53. The Morgan fingerprint density at radius 2 is 1.39 bits per heavy atom. The lowest BCUT2D eigenvalue weighted by Gasteiger charge is -2.25. The van der Waals surface area contributed by atoms with Gasteiger partial charge in [0.05, 0.1) is 0 Å². The van der Waals surface area contributed by atoms with Crippen LogP contribution in [0.1, 0.15) is 29.2 Å². The Labute approximate surface area is 138 Å². The Morgan fingerprint density at radius 3 is 2.22 bits per heavy atom. The van der Waals surface area contributed by atoms with E-state index in [1.54, 1.807) is 0 Å². The molecule has 0 bridgehead atoms. The molecular formula is C23H22. The summed E-state index contributed by atoms with van der Waals surface area (Å²) in [6.45, 7) is 4.50. The van der Waals surface area contributed by atoms with Crippen molar-refractivity contribution in [3.05, 3.63) is 82.9 Å². The Morgan fingerprint density at radius 1 is 0.696 bits per heavy atom. The minimum atomic E-state index is 1.07. The molecule has 114 valence electrons. The molecular weight excluding hydrogens is 276 g/mol. The summed E-state index contributed by atoms with van der Waals surface area (Å²) >= 11 is 0. The van der Waals surface area contributed by atoms with Crippen LogP contribution in [0.4, 0.5) is 0 Å². The maximum absolute atomic E-state index is 2.33. The minimum Gasteiger partial charge on any atom is -0.0620 e. The third-order valence-electron chi connectivity index (χ3n) is 5.12. The van der Waals surface area contributed by atoms with Gasteiger partial charge < -0.3 is 0 Å². The van der Waals surface area contributed by atoms with Crippen molar-refractivity contribution in [1.82, 2.24) is 0 Å². The summed E-state index contributed by atoms with van der Waals surface area (Å²) in [5, 5.41) is 0. The van der Waals surface area contributed by atoms with Gasteiger partial charge in [-0.25, -0.2) is 0 Å². The first kappa shape index (κ1) is 14.3. The highest BCUT2D eigenvalue weighted by molar-refractivity contribution is 5.91. The molecule has 0 radical (unpaired) electrons. The topological polar surface area (TPSA) is 0 Å². The standard InChI is InChI=1S/C23H22/c1-3-17-8-4-6-10-20(17)22-16(2)12-13-19-15-14-18-9-5-7-11-21(18)23(19)22/h4-13H,3,14-15H2,1-2H3.